The Morgan fingerprint density at radius 1 is 1.33 bits per heavy atom. The summed E-state index contributed by atoms with van der Waals surface area (Å²) in [6, 6.07) is 5.28. The molecular weight excluding hydrogens is 307 g/mol. The van der Waals surface area contributed by atoms with Gasteiger partial charge < -0.3 is 5.11 Å². The van der Waals surface area contributed by atoms with Crippen LogP contribution in [0.25, 0.3) is 0 Å². The lowest BCUT2D eigenvalue weighted by atomic mass is 10.0. The molecule has 1 aromatic rings. The number of aliphatic hydroxyl groups excluding tert-OH is 1. The van der Waals surface area contributed by atoms with E-state index in [2.05, 4.69) is 6.92 Å². The fraction of sp³-hybridized carbons (Fsp3) is 0.538. The monoisotopic (exact) mass is 322 g/mol. The Balaban J connectivity index is 2.23. The van der Waals surface area contributed by atoms with Crippen LogP contribution < -0.4 is 0 Å². The summed E-state index contributed by atoms with van der Waals surface area (Å²) in [7, 11) is 0. The van der Waals surface area contributed by atoms with Crippen LogP contribution in [0.4, 0.5) is 0 Å². The maximum atomic E-state index is 10.6. The minimum Gasteiger partial charge on any atom is -0.387 e. The highest BCUT2D eigenvalue weighted by atomic mass is 35.5. The SMILES string of the molecule is CCC1SCCSC1C(O)c1cc(Cl)ccc1Cl. The quantitative estimate of drug-likeness (QED) is 0.874. The van der Waals surface area contributed by atoms with Crippen molar-refractivity contribution in [1.82, 2.24) is 0 Å². The van der Waals surface area contributed by atoms with E-state index in [9.17, 15) is 5.11 Å². The molecule has 0 spiro atoms. The Kier molecular flexibility index (Phi) is 5.58. The summed E-state index contributed by atoms with van der Waals surface area (Å²) < 4.78 is 0. The van der Waals surface area contributed by atoms with Crippen molar-refractivity contribution >= 4 is 46.7 Å². The first kappa shape index (κ1) is 14.9. The zero-order chi connectivity index (χ0) is 13.1. The van der Waals surface area contributed by atoms with E-state index < -0.39 is 6.10 Å². The molecule has 3 unspecified atom stereocenters. The van der Waals surface area contributed by atoms with Crippen LogP contribution in [0.15, 0.2) is 18.2 Å². The van der Waals surface area contributed by atoms with Gasteiger partial charge in [0.1, 0.15) is 0 Å². The smallest absolute Gasteiger partial charge is 0.0934 e. The molecule has 18 heavy (non-hydrogen) atoms. The first-order valence-corrected chi connectivity index (χ1v) is 8.85. The summed E-state index contributed by atoms with van der Waals surface area (Å²) in [5.41, 5.74) is 0.752. The average molecular weight is 323 g/mol. The van der Waals surface area contributed by atoms with Gasteiger partial charge in [-0.1, -0.05) is 30.1 Å². The number of hydrogen-bond acceptors (Lipinski definition) is 3. The molecule has 0 saturated carbocycles. The van der Waals surface area contributed by atoms with Gasteiger partial charge in [-0.2, -0.15) is 23.5 Å². The molecule has 1 aromatic carbocycles. The Morgan fingerprint density at radius 3 is 2.78 bits per heavy atom. The Bertz CT molecular complexity index is 414. The lowest BCUT2D eigenvalue weighted by molar-refractivity contribution is 0.172. The average Bonchev–Trinajstić information content (AvgIpc) is 2.40. The van der Waals surface area contributed by atoms with Crippen LogP contribution in [0, 0.1) is 0 Å². The highest BCUT2D eigenvalue weighted by molar-refractivity contribution is 8.07. The second kappa shape index (κ2) is 6.76. The third-order valence-corrected chi connectivity index (χ3v) is 7.00. The van der Waals surface area contributed by atoms with Crippen molar-refractivity contribution in [3.05, 3.63) is 33.8 Å². The van der Waals surface area contributed by atoms with Crippen molar-refractivity contribution in [2.24, 2.45) is 0 Å². The number of halogens is 2. The summed E-state index contributed by atoms with van der Waals surface area (Å²) in [4.78, 5) is 0. The van der Waals surface area contributed by atoms with Crippen molar-refractivity contribution in [3.8, 4) is 0 Å². The molecule has 1 heterocycles. The lowest BCUT2D eigenvalue weighted by Crippen LogP contribution is -2.31. The molecule has 5 heteroatoms. The van der Waals surface area contributed by atoms with E-state index in [1.54, 1.807) is 18.2 Å². The molecule has 100 valence electrons. The van der Waals surface area contributed by atoms with Gasteiger partial charge in [0.2, 0.25) is 0 Å². The predicted molar refractivity (Wildman–Crippen MR) is 84.2 cm³/mol. The third kappa shape index (κ3) is 3.31. The minimum atomic E-state index is -0.543. The van der Waals surface area contributed by atoms with Crippen LogP contribution in [0.5, 0.6) is 0 Å². The van der Waals surface area contributed by atoms with Gasteiger partial charge >= 0.3 is 0 Å². The summed E-state index contributed by atoms with van der Waals surface area (Å²) in [6.07, 6.45) is 0.524. The number of hydrogen-bond donors (Lipinski definition) is 1. The zero-order valence-electron chi connectivity index (χ0n) is 10.1. The summed E-state index contributed by atoms with van der Waals surface area (Å²) in [6.45, 7) is 2.17. The molecule has 1 fully saturated rings. The lowest BCUT2D eigenvalue weighted by Gasteiger charge is -2.33. The van der Waals surface area contributed by atoms with Crippen LogP contribution in [0.3, 0.4) is 0 Å². The topological polar surface area (TPSA) is 20.2 Å². The van der Waals surface area contributed by atoms with Gasteiger partial charge in [-0.25, -0.2) is 0 Å². The van der Waals surface area contributed by atoms with E-state index >= 15 is 0 Å². The van der Waals surface area contributed by atoms with Gasteiger partial charge in [0, 0.05) is 37.6 Å². The fourth-order valence-electron chi connectivity index (χ4n) is 2.15. The first-order chi connectivity index (χ1) is 8.63. The first-order valence-electron chi connectivity index (χ1n) is 5.99. The number of benzene rings is 1. The highest BCUT2D eigenvalue weighted by Crippen LogP contribution is 2.42. The summed E-state index contributed by atoms with van der Waals surface area (Å²) >= 11 is 15.9. The molecule has 0 radical (unpaired) electrons. The highest BCUT2D eigenvalue weighted by Gasteiger charge is 2.32. The normalized spacial score (nSPS) is 26.0. The maximum Gasteiger partial charge on any atom is 0.0934 e. The molecular formula is C13H16Cl2OS2. The molecule has 0 bridgehead atoms. The van der Waals surface area contributed by atoms with Crippen molar-refractivity contribution in [1.29, 1.82) is 0 Å². The molecule has 1 aliphatic rings. The molecule has 1 saturated heterocycles. The molecule has 1 nitrogen and oxygen atoms in total. The maximum absolute atomic E-state index is 10.6. The van der Waals surface area contributed by atoms with E-state index in [0.29, 0.717) is 15.3 Å². The Labute approximate surface area is 127 Å². The second-order valence-electron chi connectivity index (χ2n) is 4.26. The second-order valence-corrected chi connectivity index (χ2v) is 7.74. The van der Waals surface area contributed by atoms with Gasteiger partial charge in [-0.3, -0.25) is 0 Å². The zero-order valence-corrected chi connectivity index (χ0v) is 13.2. The molecule has 3 atom stereocenters. The Morgan fingerprint density at radius 2 is 2.06 bits per heavy atom. The summed E-state index contributed by atoms with van der Waals surface area (Å²) in [5, 5.41) is 12.5. The van der Waals surface area contributed by atoms with Gasteiger partial charge in [0.15, 0.2) is 0 Å². The van der Waals surface area contributed by atoms with Crippen LogP contribution in [0.1, 0.15) is 25.0 Å². The van der Waals surface area contributed by atoms with E-state index in [0.717, 1.165) is 23.5 Å². The molecule has 0 amide bonds. The van der Waals surface area contributed by atoms with E-state index in [1.807, 2.05) is 23.5 Å². The van der Waals surface area contributed by atoms with Crippen LogP contribution in [-0.2, 0) is 0 Å². The van der Waals surface area contributed by atoms with E-state index in [1.165, 1.54) is 0 Å². The van der Waals surface area contributed by atoms with Crippen molar-refractivity contribution in [3.63, 3.8) is 0 Å². The number of rotatable bonds is 3. The molecule has 0 aromatic heterocycles. The minimum absolute atomic E-state index is 0.199. The van der Waals surface area contributed by atoms with E-state index in [4.69, 9.17) is 23.2 Å². The number of thioether (sulfide) groups is 2. The van der Waals surface area contributed by atoms with Crippen LogP contribution >= 0.6 is 46.7 Å². The Hall–Kier alpha value is 0.460. The van der Waals surface area contributed by atoms with Gasteiger partial charge in [-0.05, 0) is 24.6 Å². The number of aliphatic hydroxyl groups is 1. The van der Waals surface area contributed by atoms with Crippen molar-refractivity contribution in [2.75, 3.05) is 11.5 Å². The largest absolute Gasteiger partial charge is 0.387 e. The molecule has 1 aliphatic heterocycles. The fourth-order valence-corrected chi connectivity index (χ4v) is 5.68. The van der Waals surface area contributed by atoms with Gasteiger partial charge in [-0.15, -0.1) is 0 Å². The predicted octanol–water partition coefficient (Wildman–Crippen LogP) is 4.65. The van der Waals surface area contributed by atoms with Crippen LogP contribution in [0.2, 0.25) is 10.0 Å². The molecule has 0 aliphatic carbocycles. The van der Waals surface area contributed by atoms with Gasteiger partial charge in [0.25, 0.3) is 0 Å². The van der Waals surface area contributed by atoms with Crippen molar-refractivity contribution in [2.45, 2.75) is 29.9 Å². The molecule has 1 N–H and O–H groups in total. The standard InChI is InChI=1S/C13H16Cl2OS2/c1-2-11-13(18-6-5-17-11)12(16)9-7-8(14)3-4-10(9)15/h3-4,7,11-13,16H,2,5-6H2,1H3. The van der Waals surface area contributed by atoms with E-state index in [-0.39, 0.29) is 5.25 Å². The van der Waals surface area contributed by atoms with Gasteiger partial charge in [0.05, 0.1) is 6.10 Å². The van der Waals surface area contributed by atoms with Crippen LogP contribution in [-0.4, -0.2) is 27.1 Å². The molecule has 2 rings (SSSR count). The van der Waals surface area contributed by atoms with Crippen molar-refractivity contribution < 1.29 is 5.11 Å². The third-order valence-electron chi connectivity index (χ3n) is 3.08. The summed E-state index contributed by atoms with van der Waals surface area (Å²) in [5.74, 6) is 2.25.